The highest BCUT2D eigenvalue weighted by Gasteiger charge is 2.08. The van der Waals surface area contributed by atoms with E-state index < -0.39 is 8.07 Å². The van der Waals surface area contributed by atoms with Crippen molar-refractivity contribution in [3.8, 4) is 11.5 Å². The summed E-state index contributed by atoms with van der Waals surface area (Å²) in [7, 11) is -1.37. The van der Waals surface area contributed by atoms with Gasteiger partial charge in [0.1, 0.15) is 18.9 Å². The van der Waals surface area contributed by atoms with Crippen LogP contribution in [-0.4, -0.2) is 22.4 Å². The monoisotopic (exact) mass is 249 g/mol. The highest BCUT2D eigenvalue weighted by molar-refractivity contribution is 6.83. The molecule has 3 nitrogen and oxygen atoms in total. The molecule has 2 aromatic heterocycles. The Kier molecular flexibility index (Phi) is 2.74. The number of aromatic nitrogens is 3. The third-order valence-electron chi connectivity index (χ3n) is 1.93. The molecule has 0 fully saturated rings. The Morgan fingerprint density at radius 3 is 2.69 bits per heavy atom. The summed E-state index contributed by atoms with van der Waals surface area (Å²) in [5.41, 5.74) is 4.93. The summed E-state index contributed by atoms with van der Waals surface area (Å²) in [5.74, 6) is 3.16. The molecule has 2 rings (SSSR count). The highest BCUT2D eigenvalue weighted by atomic mass is 35.5. The van der Waals surface area contributed by atoms with Crippen LogP contribution in [0.5, 0.6) is 0 Å². The number of rotatable bonds is 0. The summed E-state index contributed by atoms with van der Waals surface area (Å²) in [6, 6.07) is 0. The first-order valence-corrected chi connectivity index (χ1v) is 8.85. The summed E-state index contributed by atoms with van der Waals surface area (Å²) in [6.45, 7) is 6.62. The van der Waals surface area contributed by atoms with Crippen molar-refractivity contribution < 1.29 is 0 Å². The molecule has 0 amide bonds. The van der Waals surface area contributed by atoms with Gasteiger partial charge >= 0.3 is 0 Å². The van der Waals surface area contributed by atoms with Gasteiger partial charge < -0.3 is 0 Å². The molecule has 16 heavy (non-hydrogen) atoms. The SMILES string of the molecule is C[Si](C)(C)C#Cc1cnc2cnc(Cl)cn12. The van der Waals surface area contributed by atoms with Gasteiger partial charge in [0.05, 0.1) is 12.4 Å². The van der Waals surface area contributed by atoms with E-state index in [1.165, 1.54) is 0 Å². The van der Waals surface area contributed by atoms with Crippen molar-refractivity contribution in [2.45, 2.75) is 19.6 Å². The Labute approximate surface area is 100 Å². The predicted molar refractivity (Wildman–Crippen MR) is 68.2 cm³/mol. The van der Waals surface area contributed by atoms with Crippen LogP contribution >= 0.6 is 11.6 Å². The molecule has 0 atom stereocenters. The second-order valence-corrected chi connectivity index (χ2v) is 9.72. The van der Waals surface area contributed by atoms with E-state index in [1.54, 1.807) is 18.6 Å². The Bertz CT molecular complexity index is 587. The van der Waals surface area contributed by atoms with E-state index in [1.807, 2.05) is 4.40 Å². The van der Waals surface area contributed by atoms with Crippen LogP contribution in [-0.2, 0) is 0 Å². The molecule has 0 aliphatic carbocycles. The van der Waals surface area contributed by atoms with E-state index in [9.17, 15) is 0 Å². The van der Waals surface area contributed by atoms with E-state index in [0.717, 1.165) is 11.3 Å². The van der Waals surface area contributed by atoms with Gasteiger partial charge in [-0.3, -0.25) is 4.40 Å². The first-order valence-electron chi connectivity index (χ1n) is 4.97. The summed E-state index contributed by atoms with van der Waals surface area (Å²) in [5, 5.41) is 0.446. The lowest BCUT2D eigenvalue weighted by atomic mass is 10.5. The molecule has 5 heteroatoms. The molecular formula is C11H12ClN3Si. The lowest BCUT2D eigenvalue weighted by Gasteiger charge is -2.03. The third kappa shape index (κ3) is 2.43. The number of nitrogens with zero attached hydrogens (tertiary/aromatic N) is 3. The van der Waals surface area contributed by atoms with E-state index in [-0.39, 0.29) is 0 Å². The Hall–Kier alpha value is -1.31. The van der Waals surface area contributed by atoms with Crippen molar-refractivity contribution in [2.75, 3.05) is 0 Å². The Balaban J connectivity index is 2.52. The van der Waals surface area contributed by atoms with Crippen molar-refractivity contribution >= 4 is 25.3 Å². The third-order valence-corrected chi connectivity index (χ3v) is 3.00. The first kappa shape index (κ1) is 11.2. The summed E-state index contributed by atoms with van der Waals surface area (Å²) < 4.78 is 1.86. The minimum atomic E-state index is -1.37. The second kappa shape index (κ2) is 3.93. The molecule has 0 radical (unpaired) electrons. The number of fused-ring (bicyclic) bond motifs is 1. The van der Waals surface area contributed by atoms with Crippen LogP contribution in [0.25, 0.3) is 5.65 Å². The van der Waals surface area contributed by atoms with Crippen molar-refractivity contribution in [2.24, 2.45) is 0 Å². The van der Waals surface area contributed by atoms with Crippen LogP contribution in [0.4, 0.5) is 0 Å². The summed E-state index contributed by atoms with van der Waals surface area (Å²) in [6.07, 6.45) is 5.13. The van der Waals surface area contributed by atoms with Crippen LogP contribution in [0.3, 0.4) is 0 Å². The number of hydrogen-bond donors (Lipinski definition) is 0. The van der Waals surface area contributed by atoms with Gasteiger partial charge in [0.25, 0.3) is 0 Å². The van der Waals surface area contributed by atoms with Gasteiger partial charge in [0.15, 0.2) is 5.65 Å². The van der Waals surface area contributed by atoms with Crippen molar-refractivity contribution in [1.29, 1.82) is 0 Å². The molecule has 0 aromatic carbocycles. The van der Waals surface area contributed by atoms with Gasteiger partial charge in [0.2, 0.25) is 0 Å². The fraction of sp³-hybridized carbons (Fsp3) is 0.273. The molecule has 0 N–H and O–H groups in total. The standard InChI is InChI=1S/C11H12ClN3Si/c1-16(2,3)5-4-9-6-14-11-7-13-10(12)8-15(9)11/h6-8H,1-3H3. The van der Waals surface area contributed by atoms with Gasteiger partial charge in [-0.25, -0.2) is 9.97 Å². The van der Waals surface area contributed by atoms with Crippen molar-refractivity contribution in [3.63, 3.8) is 0 Å². The summed E-state index contributed by atoms with van der Waals surface area (Å²) in [4.78, 5) is 8.19. The molecule has 82 valence electrons. The average Bonchev–Trinajstić information content (AvgIpc) is 2.56. The van der Waals surface area contributed by atoms with Gasteiger partial charge in [-0.15, -0.1) is 5.54 Å². The number of imidazole rings is 1. The normalized spacial score (nSPS) is 11.2. The van der Waals surface area contributed by atoms with Gasteiger partial charge in [-0.1, -0.05) is 37.2 Å². The van der Waals surface area contributed by atoms with Crippen LogP contribution in [0, 0.1) is 11.5 Å². The van der Waals surface area contributed by atoms with E-state index in [2.05, 4.69) is 41.1 Å². The van der Waals surface area contributed by atoms with Crippen LogP contribution in [0.1, 0.15) is 5.69 Å². The van der Waals surface area contributed by atoms with Crippen molar-refractivity contribution in [1.82, 2.24) is 14.4 Å². The number of halogens is 1. The molecule has 0 saturated carbocycles. The van der Waals surface area contributed by atoms with Crippen LogP contribution in [0.2, 0.25) is 24.8 Å². The van der Waals surface area contributed by atoms with Gasteiger partial charge in [-0.05, 0) is 0 Å². The highest BCUT2D eigenvalue weighted by Crippen LogP contribution is 2.09. The van der Waals surface area contributed by atoms with E-state index in [4.69, 9.17) is 11.6 Å². The minimum Gasteiger partial charge on any atom is -0.289 e. The van der Waals surface area contributed by atoms with Gasteiger partial charge in [-0.2, -0.15) is 0 Å². The molecule has 2 aromatic rings. The molecule has 2 heterocycles. The molecular weight excluding hydrogens is 238 g/mol. The molecule has 0 unspecified atom stereocenters. The topological polar surface area (TPSA) is 30.2 Å². The van der Waals surface area contributed by atoms with Crippen LogP contribution < -0.4 is 0 Å². The molecule has 0 bridgehead atoms. The zero-order valence-electron chi connectivity index (χ0n) is 9.45. The zero-order valence-corrected chi connectivity index (χ0v) is 11.2. The maximum Gasteiger partial charge on any atom is 0.156 e. The Morgan fingerprint density at radius 1 is 1.25 bits per heavy atom. The smallest absolute Gasteiger partial charge is 0.156 e. The molecule has 0 aliphatic heterocycles. The number of hydrogen-bond acceptors (Lipinski definition) is 2. The molecule has 0 spiro atoms. The Morgan fingerprint density at radius 2 is 2.00 bits per heavy atom. The fourth-order valence-electron chi connectivity index (χ4n) is 1.21. The quantitative estimate of drug-likeness (QED) is 0.531. The lowest BCUT2D eigenvalue weighted by Crippen LogP contribution is -2.16. The van der Waals surface area contributed by atoms with Crippen LogP contribution in [0.15, 0.2) is 18.6 Å². The van der Waals surface area contributed by atoms with E-state index >= 15 is 0 Å². The lowest BCUT2D eigenvalue weighted by molar-refractivity contribution is 1.11. The largest absolute Gasteiger partial charge is 0.289 e. The van der Waals surface area contributed by atoms with E-state index in [0.29, 0.717) is 5.15 Å². The predicted octanol–water partition coefficient (Wildman–Crippen LogP) is 2.61. The minimum absolute atomic E-state index is 0.446. The zero-order chi connectivity index (χ0) is 11.8. The average molecular weight is 250 g/mol. The summed E-state index contributed by atoms with van der Waals surface area (Å²) >= 11 is 5.84. The van der Waals surface area contributed by atoms with Gasteiger partial charge in [0, 0.05) is 6.20 Å². The fourth-order valence-corrected chi connectivity index (χ4v) is 1.86. The molecule has 0 aliphatic rings. The molecule has 0 saturated heterocycles. The maximum atomic E-state index is 5.84. The second-order valence-electron chi connectivity index (χ2n) is 4.58. The maximum absolute atomic E-state index is 5.84. The first-order chi connectivity index (χ1) is 7.46. The van der Waals surface area contributed by atoms with Crippen molar-refractivity contribution in [3.05, 3.63) is 29.4 Å².